The summed E-state index contributed by atoms with van der Waals surface area (Å²) in [5.41, 5.74) is 1.29. The van der Waals surface area contributed by atoms with Crippen LogP contribution in [0.15, 0.2) is 48.5 Å². The lowest BCUT2D eigenvalue weighted by atomic mass is 9.97. The Morgan fingerprint density at radius 2 is 1.35 bits per heavy atom. The Balaban J connectivity index is 1.41. The number of carbonyl (C=O) groups is 3. The highest BCUT2D eigenvalue weighted by Gasteiger charge is 2.27. The van der Waals surface area contributed by atoms with Gasteiger partial charge < -0.3 is 9.80 Å². The molecule has 0 aromatic heterocycles. The first-order valence-electron chi connectivity index (χ1n) is 10.7. The highest BCUT2D eigenvalue weighted by molar-refractivity contribution is 6.30. The molecule has 2 aromatic rings. The number of halogens is 1. The second-order valence-electron chi connectivity index (χ2n) is 8.04. The van der Waals surface area contributed by atoms with Crippen molar-refractivity contribution in [3.05, 3.63) is 70.2 Å². The molecule has 2 heterocycles. The van der Waals surface area contributed by atoms with E-state index in [0.29, 0.717) is 54.4 Å². The molecule has 0 N–H and O–H groups in total. The number of ketones is 1. The van der Waals surface area contributed by atoms with E-state index >= 15 is 0 Å². The lowest BCUT2D eigenvalue weighted by molar-refractivity contribution is -0.131. The molecule has 162 valence electrons. The maximum atomic E-state index is 13.2. The molecule has 2 saturated heterocycles. The highest BCUT2D eigenvalue weighted by atomic mass is 35.5. The first-order valence-corrected chi connectivity index (χ1v) is 11.1. The van der Waals surface area contributed by atoms with Crippen LogP contribution in [-0.4, -0.2) is 78.1 Å². The van der Waals surface area contributed by atoms with Gasteiger partial charge in [-0.2, -0.15) is 0 Å². The molecule has 4 rings (SSSR count). The summed E-state index contributed by atoms with van der Waals surface area (Å²) in [6.07, 6.45) is 2.17. The lowest BCUT2D eigenvalue weighted by Crippen LogP contribution is -2.51. The Labute approximate surface area is 187 Å². The summed E-state index contributed by atoms with van der Waals surface area (Å²) >= 11 is 5.93. The second-order valence-corrected chi connectivity index (χ2v) is 8.47. The summed E-state index contributed by atoms with van der Waals surface area (Å²) in [5.74, 6) is -0.171. The number of piperazine rings is 1. The van der Waals surface area contributed by atoms with Crippen LogP contribution in [0.5, 0.6) is 0 Å². The minimum atomic E-state index is -0.199. The van der Waals surface area contributed by atoms with Gasteiger partial charge in [0.15, 0.2) is 5.78 Å². The summed E-state index contributed by atoms with van der Waals surface area (Å²) in [4.78, 5) is 44.4. The van der Waals surface area contributed by atoms with Crippen molar-refractivity contribution in [1.29, 1.82) is 0 Å². The van der Waals surface area contributed by atoms with Crippen molar-refractivity contribution in [3.63, 3.8) is 0 Å². The topological polar surface area (TPSA) is 60.9 Å². The minimum Gasteiger partial charge on any atom is -0.342 e. The Bertz CT molecular complexity index is 962. The van der Waals surface area contributed by atoms with Crippen LogP contribution in [0, 0.1) is 0 Å². The standard InChI is InChI=1S/C24H26ClN3O3/c25-19-9-7-18(8-10-19)23(30)20-5-1-2-6-21(20)24(31)28-15-13-26(14-16-28)17-22(29)27-11-3-4-12-27/h1-2,5-10H,3-4,11-17H2. The van der Waals surface area contributed by atoms with Crippen LogP contribution in [0.25, 0.3) is 0 Å². The number of hydrogen-bond donors (Lipinski definition) is 0. The van der Waals surface area contributed by atoms with E-state index in [1.54, 1.807) is 53.4 Å². The van der Waals surface area contributed by atoms with Gasteiger partial charge in [-0.3, -0.25) is 19.3 Å². The maximum absolute atomic E-state index is 13.2. The average molecular weight is 440 g/mol. The molecular weight excluding hydrogens is 414 g/mol. The normalized spacial score (nSPS) is 17.1. The van der Waals surface area contributed by atoms with E-state index in [9.17, 15) is 14.4 Å². The van der Waals surface area contributed by atoms with Gasteiger partial charge in [0.25, 0.3) is 5.91 Å². The van der Waals surface area contributed by atoms with E-state index in [2.05, 4.69) is 4.90 Å². The third-order valence-corrected chi connectivity index (χ3v) is 6.24. The monoisotopic (exact) mass is 439 g/mol. The van der Waals surface area contributed by atoms with Crippen LogP contribution in [-0.2, 0) is 4.79 Å². The zero-order valence-electron chi connectivity index (χ0n) is 17.4. The fourth-order valence-corrected chi connectivity index (χ4v) is 4.29. The van der Waals surface area contributed by atoms with Crippen LogP contribution in [0.2, 0.25) is 5.02 Å². The van der Waals surface area contributed by atoms with Crippen LogP contribution < -0.4 is 0 Å². The number of benzene rings is 2. The Morgan fingerprint density at radius 3 is 2.00 bits per heavy atom. The molecule has 31 heavy (non-hydrogen) atoms. The molecule has 0 unspecified atom stereocenters. The Hall–Kier alpha value is -2.70. The number of likely N-dealkylation sites (tertiary alicyclic amines) is 1. The van der Waals surface area contributed by atoms with Gasteiger partial charge in [0.2, 0.25) is 5.91 Å². The average Bonchev–Trinajstić information content (AvgIpc) is 3.34. The van der Waals surface area contributed by atoms with E-state index in [0.717, 1.165) is 25.9 Å². The number of carbonyl (C=O) groups excluding carboxylic acids is 3. The van der Waals surface area contributed by atoms with E-state index < -0.39 is 0 Å². The molecule has 2 fully saturated rings. The molecule has 0 aliphatic carbocycles. The predicted molar refractivity (Wildman–Crippen MR) is 119 cm³/mol. The molecule has 7 heteroatoms. The molecule has 2 amide bonds. The number of nitrogens with zero attached hydrogens (tertiary/aromatic N) is 3. The Kier molecular flexibility index (Phi) is 6.68. The van der Waals surface area contributed by atoms with Gasteiger partial charge in [0.05, 0.1) is 12.1 Å². The van der Waals surface area contributed by atoms with Gasteiger partial charge in [-0.1, -0.05) is 29.8 Å². The molecule has 2 aliphatic rings. The summed E-state index contributed by atoms with van der Waals surface area (Å²) in [5, 5.41) is 0.557. The van der Waals surface area contributed by atoms with Crippen molar-refractivity contribution in [2.24, 2.45) is 0 Å². The number of hydrogen-bond acceptors (Lipinski definition) is 4. The van der Waals surface area contributed by atoms with Crippen LogP contribution in [0.4, 0.5) is 0 Å². The summed E-state index contributed by atoms with van der Waals surface area (Å²) < 4.78 is 0. The van der Waals surface area contributed by atoms with Crippen molar-refractivity contribution in [3.8, 4) is 0 Å². The SMILES string of the molecule is O=C(c1ccc(Cl)cc1)c1ccccc1C(=O)N1CCN(CC(=O)N2CCCC2)CC1. The van der Waals surface area contributed by atoms with Gasteiger partial charge >= 0.3 is 0 Å². The molecule has 2 aromatic carbocycles. The van der Waals surface area contributed by atoms with Gasteiger partial charge in [-0.15, -0.1) is 0 Å². The fourth-order valence-electron chi connectivity index (χ4n) is 4.16. The van der Waals surface area contributed by atoms with Crippen molar-refractivity contribution < 1.29 is 14.4 Å². The summed E-state index contributed by atoms with van der Waals surface area (Å²) in [7, 11) is 0. The molecule has 2 aliphatic heterocycles. The first kappa shape index (κ1) is 21.5. The fraction of sp³-hybridized carbons (Fsp3) is 0.375. The van der Waals surface area contributed by atoms with Crippen LogP contribution in [0.1, 0.15) is 39.1 Å². The van der Waals surface area contributed by atoms with E-state index in [4.69, 9.17) is 11.6 Å². The molecule has 0 radical (unpaired) electrons. The minimum absolute atomic E-state index is 0.150. The number of amides is 2. The summed E-state index contributed by atoms with van der Waals surface area (Å²) in [6.45, 7) is 4.50. The Morgan fingerprint density at radius 1 is 0.742 bits per heavy atom. The van der Waals surface area contributed by atoms with Gasteiger partial charge in [-0.25, -0.2) is 0 Å². The van der Waals surface area contributed by atoms with Crippen molar-refractivity contribution in [2.75, 3.05) is 45.8 Å². The summed E-state index contributed by atoms with van der Waals surface area (Å²) in [6, 6.07) is 13.6. The van der Waals surface area contributed by atoms with Gasteiger partial charge in [-0.05, 0) is 43.2 Å². The van der Waals surface area contributed by atoms with Crippen molar-refractivity contribution in [2.45, 2.75) is 12.8 Å². The van der Waals surface area contributed by atoms with E-state index in [-0.39, 0.29) is 17.6 Å². The maximum Gasteiger partial charge on any atom is 0.254 e. The quantitative estimate of drug-likeness (QED) is 0.672. The molecule has 6 nitrogen and oxygen atoms in total. The van der Waals surface area contributed by atoms with Crippen LogP contribution in [0.3, 0.4) is 0 Å². The van der Waals surface area contributed by atoms with E-state index in [1.807, 2.05) is 4.90 Å². The van der Waals surface area contributed by atoms with Crippen molar-refractivity contribution in [1.82, 2.24) is 14.7 Å². The smallest absolute Gasteiger partial charge is 0.254 e. The molecule has 0 atom stereocenters. The van der Waals surface area contributed by atoms with E-state index in [1.165, 1.54) is 0 Å². The predicted octanol–water partition coefficient (Wildman–Crippen LogP) is 2.95. The lowest BCUT2D eigenvalue weighted by Gasteiger charge is -2.35. The van der Waals surface area contributed by atoms with Crippen LogP contribution >= 0.6 is 11.6 Å². The zero-order chi connectivity index (χ0) is 21.8. The largest absolute Gasteiger partial charge is 0.342 e. The molecule has 0 saturated carbocycles. The number of rotatable bonds is 5. The van der Waals surface area contributed by atoms with Crippen molar-refractivity contribution >= 4 is 29.2 Å². The third kappa shape index (κ3) is 4.97. The molecular formula is C24H26ClN3O3. The second kappa shape index (κ2) is 9.62. The third-order valence-electron chi connectivity index (χ3n) is 5.99. The highest BCUT2D eigenvalue weighted by Crippen LogP contribution is 2.19. The van der Waals surface area contributed by atoms with Gasteiger partial charge in [0, 0.05) is 55.4 Å². The van der Waals surface area contributed by atoms with Gasteiger partial charge in [0.1, 0.15) is 0 Å². The first-order chi connectivity index (χ1) is 15.0. The zero-order valence-corrected chi connectivity index (χ0v) is 18.2. The molecule has 0 bridgehead atoms. The molecule has 0 spiro atoms.